The number of aromatic nitrogens is 3. The lowest BCUT2D eigenvalue weighted by Crippen LogP contribution is -2.53. The number of likely N-dealkylation sites (tertiary alicyclic amines) is 1. The zero-order valence-corrected chi connectivity index (χ0v) is 15.9. The van der Waals surface area contributed by atoms with E-state index in [1.807, 2.05) is 0 Å². The minimum absolute atomic E-state index is 0.160. The van der Waals surface area contributed by atoms with Crippen LogP contribution in [0.5, 0.6) is 0 Å². The Labute approximate surface area is 167 Å². The van der Waals surface area contributed by atoms with Gasteiger partial charge in [-0.2, -0.15) is 0 Å². The van der Waals surface area contributed by atoms with Gasteiger partial charge in [0, 0.05) is 42.9 Å². The molecule has 2 amide bonds. The first kappa shape index (κ1) is 18.8. The molecule has 7 nitrogen and oxygen atoms in total. The molecule has 0 saturated carbocycles. The number of urea groups is 1. The standard InChI is InChI=1S/C21H21FN6O/c1-13(19-24-9-4-10-25-19)14-11-28(12-14)21(29)27-20-17(23)7-8-18(26-20)15-5-2-3-6-16(15)22/h2-10,13-14H,11-12,23H2,1H3,(H,26,27,29). The second-order valence-electron chi connectivity index (χ2n) is 7.11. The third-order valence-corrected chi connectivity index (χ3v) is 5.20. The normalized spacial score (nSPS) is 14.9. The summed E-state index contributed by atoms with van der Waals surface area (Å²) in [7, 11) is 0. The van der Waals surface area contributed by atoms with Gasteiger partial charge in [0.05, 0.1) is 11.4 Å². The first-order valence-corrected chi connectivity index (χ1v) is 9.37. The van der Waals surface area contributed by atoms with Crippen LogP contribution in [0.2, 0.25) is 0 Å². The fourth-order valence-electron chi connectivity index (χ4n) is 3.32. The number of nitrogens with two attached hydrogens (primary N) is 1. The Morgan fingerprint density at radius 2 is 1.90 bits per heavy atom. The van der Waals surface area contributed by atoms with Crippen LogP contribution >= 0.6 is 0 Å². The minimum Gasteiger partial charge on any atom is -0.396 e. The third-order valence-electron chi connectivity index (χ3n) is 5.20. The van der Waals surface area contributed by atoms with Crippen LogP contribution in [-0.2, 0) is 0 Å². The number of nitrogens with zero attached hydrogens (tertiary/aromatic N) is 4. The molecule has 3 aromatic rings. The summed E-state index contributed by atoms with van der Waals surface area (Å²) in [5.74, 6) is 1.07. The van der Waals surface area contributed by atoms with Crippen molar-refractivity contribution in [1.29, 1.82) is 0 Å². The number of hydrogen-bond acceptors (Lipinski definition) is 5. The average Bonchev–Trinajstić information content (AvgIpc) is 2.69. The lowest BCUT2D eigenvalue weighted by atomic mass is 9.86. The van der Waals surface area contributed by atoms with Gasteiger partial charge in [0.2, 0.25) is 0 Å². The van der Waals surface area contributed by atoms with E-state index in [0.29, 0.717) is 36.0 Å². The molecule has 0 bridgehead atoms. The quantitative estimate of drug-likeness (QED) is 0.708. The molecule has 0 aliphatic carbocycles. The summed E-state index contributed by atoms with van der Waals surface area (Å²) in [6.45, 7) is 3.25. The topological polar surface area (TPSA) is 97.0 Å². The maximum absolute atomic E-state index is 14.0. The molecule has 1 aliphatic heterocycles. The summed E-state index contributed by atoms with van der Waals surface area (Å²) >= 11 is 0. The van der Waals surface area contributed by atoms with Crippen molar-refractivity contribution in [3.05, 3.63) is 66.5 Å². The SMILES string of the molecule is CC(c1ncccn1)C1CN(C(=O)Nc2nc(-c3ccccc3F)ccc2N)C1. The molecule has 1 aliphatic rings. The van der Waals surface area contributed by atoms with E-state index in [-0.39, 0.29) is 23.6 Å². The zero-order chi connectivity index (χ0) is 20.4. The number of rotatable bonds is 4. The van der Waals surface area contributed by atoms with E-state index in [2.05, 4.69) is 27.2 Å². The molecular weight excluding hydrogens is 371 g/mol. The van der Waals surface area contributed by atoms with E-state index in [0.717, 1.165) is 5.82 Å². The maximum Gasteiger partial charge on any atom is 0.323 e. The summed E-state index contributed by atoms with van der Waals surface area (Å²) in [6, 6.07) is 11.1. The number of amides is 2. The van der Waals surface area contributed by atoms with Gasteiger partial charge >= 0.3 is 6.03 Å². The van der Waals surface area contributed by atoms with E-state index in [1.54, 1.807) is 53.7 Å². The van der Waals surface area contributed by atoms with Gasteiger partial charge in [-0.25, -0.2) is 24.1 Å². The number of nitrogen functional groups attached to an aromatic ring is 1. The lowest BCUT2D eigenvalue weighted by molar-refractivity contribution is 0.115. The van der Waals surface area contributed by atoms with Gasteiger partial charge in [-0.3, -0.25) is 5.32 Å². The van der Waals surface area contributed by atoms with Crippen LogP contribution in [0.25, 0.3) is 11.3 Å². The Bertz CT molecular complexity index is 1020. The molecule has 1 aromatic carbocycles. The van der Waals surface area contributed by atoms with Crippen LogP contribution in [0.1, 0.15) is 18.7 Å². The highest BCUT2D eigenvalue weighted by Gasteiger charge is 2.36. The highest BCUT2D eigenvalue weighted by atomic mass is 19.1. The molecule has 2 aromatic heterocycles. The van der Waals surface area contributed by atoms with Crippen LogP contribution < -0.4 is 11.1 Å². The number of anilines is 2. The van der Waals surface area contributed by atoms with Crippen molar-refractivity contribution in [2.45, 2.75) is 12.8 Å². The number of halogens is 1. The number of pyridine rings is 1. The minimum atomic E-state index is -0.384. The molecule has 4 rings (SSSR count). The van der Waals surface area contributed by atoms with Crippen LogP contribution in [0, 0.1) is 11.7 Å². The predicted octanol–water partition coefficient (Wildman–Crippen LogP) is 3.53. The summed E-state index contributed by atoms with van der Waals surface area (Å²) in [5.41, 5.74) is 7.04. The average molecular weight is 392 g/mol. The van der Waals surface area contributed by atoms with Crippen molar-refractivity contribution in [1.82, 2.24) is 19.9 Å². The van der Waals surface area contributed by atoms with Crippen molar-refractivity contribution in [3.63, 3.8) is 0 Å². The van der Waals surface area contributed by atoms with Crippen molar-refractivity contribution in [2.24, 2.45) is 5.92 Å². The van der Waals surface area contributed by atoms with E-state index in [4.69, 9.17) is 5.73 Å². The first-order valence-electron chi connectivity index (χ1n) is 9.37. The number of nitrogens with one attached hydrogen (secondary N) is 1. The highest BCUT2D eigenvalue weighted by molar-refractivity contribution is 5.92. The second kappa shape index (κ2) is 7.83. The zero-order valence-electron chi connectivity index (χ0n) is 15.9. The molecule has 29 heavy (non-hydrogen) atoms. The Morgan fingerprint density at radius 1 is 1.17 bits per heavy atom. The van der Waals surface area contributed by atoms with Crippen molar-refractivity contribution in [2.75, 3.05) is 24.1 Å². The molecule has 0 radical (unpaired) electrons. The van der Waals surface area contributed by atoms with Gasteiger partial charge in [-0.1, -0.05) is 19.1 Å². The van der Waals surface area contributed by atoms with Gasteiger partial charge in [-0.15, -0.1) is 0 Å². The van der Waals surface area contributed by atoms with Crippen molar-refractivity contribution >= 4 is 17.5 Å². The molecule has 3 heterocycles. The van der Waals surface area contributed by atoms with Gasteiger partial charge in [0.1, 0.15) is 11.6 Å². The van der Waals surface area contributed by atoms with E-state index in [9.17, 15) is 9.18 Å². The maximum atomic E-state index is 14.0. The molecular formula is C21H21FN6O. The first-order chi connectivity index (χ1) is 14.0. The van der Waals surface area contributed by atoms with Crippen LogP contribution in [-0.4, -0.2) is 39.0 Å². The van der Waals surface area contributed by atoms with Crippen LogP contribution in [0.15, 0.2) is 54.9 Å². The molecule has 1 atom stereocenters. The lowest BCUT2D eigenvalue weighted by Gasteiger charge is -2.41. The fourth-order valence-corrected chi connectivity index (χ4v) is 3.32. The monoisotopic (exact) mass is 392 g/mol. The van der Waals surface area contributed by atoms with Gasteiger partial charge in [0.25, 0.3) is 0 Å². The Morgan fingerprint density at radius 3 is 2.62 bits per heavy atom. The predicted molar refractivity (Wildman–Crippen MR) is 109 cm³/mol. The largest absolute Gasteiger partial charge is 0.396 e. The van der Waals surface area contributed by atoms with E-state index < -0.39 is 0 Å². The van der Waals surface area contributed by atoms with Crippen LogP contribution in [0.3, 0.4) is 0 Å². The fraction of sp³-hybridized carbons (Fsp3) is 0.238. The molecule has 1 unspecified atom stereocenters. The van der Waals surface area contributed by atoms with Crippen molar-refractivity contribution in [3.8, 4) is 11.3 Å². The Kier molecular flexibility index (Phi) is 5.07. The van der Waals surface area contributed by atoms with E-state index >= 15 is 0 Å². The van der Waals surface area contributed by atoms with Gasteiger partial charge in [0.15, 0.2) is 5.82 Å². The molecule has 3 N–H and O–H groups in total. The summed E-state index contributed by atoms with van der Waals surface area (Å²) in [5, 5.41) is 2.74. The third kappa shape index (κ3) is 3.87. The molecule has 1 saturated heterocycles. The molecule has 1 fully saturated rings. The number of carbonyl (C=O) groups is 1. The van der Waals surface area contributed by atoms with E-state index in [1.165, 1.54) is 6.07 Å². The summed E-state index contributed by atoms with van der Waals surface area (Å²) in [6.07, 6.45) is 3.44. The number of benzene rings is 1. The van der Waals surface area contributed by atoms with Gasteiger partial charge in [-0.05, 0) is 30.3 Å². The molecule has 0 spiro atoms. The smallest absolute Gasteiger partial charge is 0.323 e. The summed E-state index contributed by atoms with van der Waals surface area (Å²) < 4.78 is 14.0. The Hall–Kier alpha value is -3.55. The molecule has 8 heteroatoms. The Balaban J connectivity index is 1.42. The number of carbonyl (C=O) groups excluding carboxylic acids is 1. The van der Waals surface area contributed by atoms with Crippen LogP contribution in [0.4, 0.5) is 20.7 Å². The summed E-state index contributed by atoms with van der Waals surface area (Å²) in [4.78, 5) is 27.2. The highest BCUT2D eigenvalue weighted by Crippen LogP contribution is 2.31. The molecule has 148 valence electrons. The van der Waals surface area contributed by atoms with Gasteiger partial charge < -0.3 is 10.6 Å². The van der Waals surface area contributed by atoms with Crippen molar-refractivity contribution < 1.29 is 9.18 Å². The number of hydrogen-bond donors (Lipinski definition) is 2. The second-order valence-corrected chi connectivity index (χ2v) is 7.11.